The number of hydrogen-bond acceptors (Lipinski definition) is 4. The lowest BCUT2D eigenvalue weighted by Gasteiger charge is -2.08. The topological polar surface area (TPSA) is 50.1 Å². The third kappa shape index (κ3) is 2.77. The largest absolute Gasteiger partial charge is 0.469 e. The van der Waals surface area contributed by atoms with E-state index < -0.39 is 0 Å². The average molecular weight is 235 g/mol. The first-order valence-corrected chi connectivity index (χ1v) is 5.38. The van der Waals surface area contributed by atoms with Crippen LogP contribution in [0.25, 0.3) is 0 Å². The molecule has 1 aromatic rings. The molecule has 0 saturated carbocycles. The second-order valence-corrected chi connectivity index (χ2v) is 3.84. The maximum absolute atomic E-state index is 11.1. The molecule has 0 amide bonds. The van der Waals surface area contributed by atoms with Gasteiger partial charge in [-0.05, 0) is 29.7 Å². The molecule has 0 aromatic heterocycles. The maximum Gasteiger partial charge on any atom is 0.309 e. The van der Waals surface area contributed by atoms with Crippen LogP contribution in [0.3, 0.4) is 0 Å². The summed E-state index contributed by atoms with van der Waals surface area (Å²) in [5.41, 5.74) is 2.25. The van der Waals surface area contributed by atoms with Gasteiger partial charge in [0.15, 0.2) is 0 Å². The van der Waals surface area contributed by atoms with Gasteiger partial charge in [0, 0.05) is 4.90 Å². The zero-order chi connectivity index (χ0) is 12.1. The monoisotopic (exact) mass is 235 g/mol. The van der Waals surface area contributed by atoms with E-state index in [1.807, 2.05) is 6.92 Å². The first-order chi connectivity index (χ1) is 7.62. The molecule has 1 aromatic carbocycles. The van der Waals surface area contributed by atoms with Gasteiger partial charge in [-0.2, -0.15) is 5.26 Å². The molecule has 0 aliphatic heterocycles. The quantitative estimate of drug-likeness (QED) is 0.645. The zero-order valence-corrected chi connectivity index (χ0v) is 10.2. The molecular formula is C12H13NO2S. The van der Waals surface area contributed by atoms with Crippen molar-refractivity contribution in [1.29, 1.82) is 5.26 Å². The Balaban J connectivity index is 3.12. The Labute approximate surface area is 100 Å². The number of rotatable bonds is 3. The molecule has 4 heteroatoms. The Morgan fingerprint density at radius 3 is 2.75 bits per heavy atom. The van der Waals surface area contributed by atoms with E-state index in [1.165, 1.54) is 7.11 Å². The van der Waals surface area contributed by atoms with Crippen molar-refractivity contribution in [3.63, 3.8) is 0 Å². The second-order valence-electron chi connectivity index (χ2n) is 3.36. The number of carbonyl (C=O) groups is 1. The van der Waals surface area contributed by atoms with Crippen molar-refractivity contribution in [3.8, 4) is 6.07 Å². The van der Waals surface area contributed by atoms with E-state index in [0.29, 0.717) is 5.56 Å². The van der Waals surface area contributed by atoms with E-state index in [1.54, 1.807) is 12.1 Å². The van der Waals surface area contributed by atoms with Crippen molar-refractivity contribution in [2.75, 3.05) is 7.11 Å². The van der Waals surface area contributed by atoms with E-state index in [-0.39, 0.29) is 12.4 Å². The highest BCUT2D eigenvalue weighted by molar-refractivity contribution is 7.80. The number of benzene rings is 1. The summed E-state index contributed by atoms with van der Waals surface area (Å²) in [6.07, 6.45) is 0.920. The maximum atomic E-state index is 11.1. The summed E-state index contributed by atoms with van der Waals surface area (Å²) >= 11 is 4.32. The van der Waals surface area contributed by atoms with Gasteiger partial charge in [0.05, 0.1) is 25.2 Å². The van der Waals surface area contributed by atoms with Crippen LogP contribution in [0.5, 0.6) is 0 Å². The van der Waals surface area contributed by atoms with Crippen molar-refractivity contribution in [3.05, 3.63) is 28.8 Å². The zero-order valence-electron chi connectivity index (χ0n) is 9.28. The molecule has 1 rings (SSSR count). The fourth-order valence-electron chi connectivity index (χ4n) is 1.53. The fourth-order valence-corrected chi connectivity index (χ4v) is 1.97. The molecule has 16 heavy (non-hydrogen) atoms. The van der Waals surface area contributed by atoms with Gasteiger partial charge >= 0.3 is 5.97 Å². The highest BCUT2D eigenvalue weighted by Gasteiger charge is 2.09. The van der Waals surface area contributed by atoms with Crippen molar-refractivity contribution in [2.24, 2.45) is 0 Å². The second kappa shape index (κ2) is 5.57. The summed E-state index contributed by atoms with van der Waals surface area (Å²) < 4.78 is 4.58. The Bertz CT molecular complexity index is 449. The van der Waals surface area contributed by atoms with Gasteiger partial charge in [-0.1, -0.05) is 6.92 Å². The van der Waals surface area contributed by atoms with Crippen molar-refractivity contribution in [2.45, 2.75) is 24.7 Å². The Hall–Kier alpha value is -1.47. The summed E-state index contributed by atoms with van der Waals surface area (Å²) in [6.45, 7) is 1.97. The van der Waals surface area contributed by atoms with Crippen molar-refractivity contribution in [1.82, 2.24) is 0 Å². The van der Waals surface area contributed by atoms with Gasteiger partial charge in [-0.15, -0.1) is 12.6 Å². The minimum absolute atomic E-state index is 0.169. The van der Waals surface area contributed by atoms with E-state index in [4.69, 9.17) is 5.26 Å². The summed E-state index contributed by atoms with van der Waals surface area (Å²) in [7, 11) is 1.34. The molecule has 0 heterocycles. The number of esters is 1. The standard InChI is InChI=1S/C12H13NO2S/c1-3-10-9(7-13)4-8(5-11(10)16)6-12(14)15-2/h4-5,16H,3,6H2,1-2H3. The first-order valence-electron chi connectivity index (χ1n) is 4.94. The molecule has 0 fully saturated rings. The molecule has 0 unspecified atom stereocenters. The van der Waals surface area contributed by atoms with Crippen LogP contribution in [-0.2, 0) is 22.4 Å². The number of ether oxygens (including phenoxy) is 1. The van der Waals surface area contributed by atoms with Gasteiger partial charge in [-0.25, -0.2) is 0 Å². The predicted molar refractivity (Wildman–Crippen MR) is 63.5 cm³/mol. The summed E-state index contributed by atoms with van der Waals surface area (Å²) in [5, 5.41) is 8.99. The minimum atomic E-state index is -0.319. The summed E-state index contributed by atoms with van der Waals surface area (Å²) in [4.78, 5) is 11.9. The van der Waals surface area contributed by atoms with Crippen LogP contribution >= 0.6 is 12.6 Å². The lowest BCUT2D eigenvalue weighted by atomic mass is 10.0. The molecule has 0 aliphatic rings. The fraction of sp³-hybridized carbons (Fsp3) is 0.333. The Morgan fingerprint density at radius 1 is 1.56 bits per heavy atom. The number of nitriles is 1. The van der Waals surface area contributed by atoms with E-state index in [9.17, 15) is 4.79 Å². The molecule has 0 bridgehead atoms. The molecular weight excluding hydrogens is 222 g/mol. The van der Waals surface area contributed by atoms with Crippen LogP contribution < -0.4 is 0 Å². The SMILES string of the molecule is CCc1c(S)cc(CC(=O)OC)cc1C#N. The van der Waals surface area contributed by atoms with Gasteiger partial charge in [0.2, 0.25) is 0 Å². The number of hydrogen-bond donors (Lipinski definition) is 1. The normalized spacial score (nSPS) is 9.62. The van der Waals surface area contributed by atoms with Gasteiger partial charge in [-0.3, -0.25) is 4.79 Å². The third-order valence-electron chi connectivity index (χ3n) is 2.34. The van der Waals surface area contributed by atoms with Gasteiger partial charge in [0.1, 0.15) is 0 Å². The molecule has 3 nitrogen and oxygen atoms in total. The van der Waals surface area contributed by atoms with Crippen LogP contribution in [0.2, 0.25) is 0 Å². The molecule has 0 saturated heterocycles. The molecule has 0 atom stereocenters. The third-order valence-corrected chi connectivity index (χ3v) is 2.74. The van der Waals surface area contributed by atoms with Crippen molar-refractivity contribution >= 4 is 18.6 Å². The van der Waals surface area contributed by atoms with E-state index in [2.05, 4.69) is 23.4 Å². The molecule has 0 radical (unpaired) electrons. The lowest BCUT2D eigenvalue weighted by molar-refractivity contribution is -0.139. The van der Waals surface area contributed by atoms with E-state index >= 15 is 0 Å². The molecule has 0 N–H and O–H groups in total. The molecule has 84 valence electrons. The average Bonchev–Trinajstić information content (AvgIpc) is 2.28. The van der Waals surface area contributed by atoms with Gasteiger partial charge in [0.25, 0.3) is 0 Å². The molecule has 0 spiro atoms. The van der Waals surface area contributed by atoms with Crippen LogP contribution in [0.1, 0.15) is 23.6 Å². The van der Waals surface area contributed by atoms with Crippen LogP contribution in [0.15, 0.2) is 17.0 Å². The van der Waals surface area contributed by atoms with Crippen molar-refractivity contribution < 1.29 is 9.53 Å². The number of carbonyl (C=O) groups excluding carboxylic acids is 1. The smallest absolute Gasteiger partial charge is 0.309 e. The van der Waals surface area contributed by atoms with Crippen LogP contribution in [-0.4, -0.2) is 13.1 Å². The highest BCUT2D eigenvalue weighted by atomic mass is 32.1. The highest BCUT2D eigenvalue weighted by Crippen LogP contribution is 2.21. The number of thiol groups is 1. The summed E-state index contributed by atoms with van der Waals surface area (Å²) in [6, 6.07) is 5.64. The van der Waals surface area contributed by atoms with Crippen LogP contribution in [0, 0.1) is 11.3 Å². The predicted octanol–water partition coefficient (Wildman–Crippen LogP) is 2.12. The summed E-state index contributed by atoms with van der Waals surface area (Å²) in [5.74, 6) is -0.319. The molecule has 0 aliphatic carbocycles. The van der Waals surface area contributed by atoms with Gasteiger partial charge < -0.3 is 4.74 Å². The lowest BCUT2D eigenvalue weighted by Crippen LogP contribution is -2.05. The number of methoxy groups -OCH3 is 1. The van der Waals surface area contributed by atoms with Crippen LogP contribution in [0.4, 0.5) is 0 Å². The minimum Gasteiger partial charge on any atom is -0.469 e. The number of nitrogens with zero attached hydrogens (tertiary/aromatic N) is 1. The Kier molecular flexibility index (Phi) is 4.39. The van der Waals surface area contributed by atoms with E-state index in [0.717, 1.165) is 22.4 Å². The first kappa shape index (κ1) is 12.6. The Morgan fingerprint density at radius 2 is 2.25 bits per heavy atom.